The van der Waals surface area contributed by atoms with Crippen LogP contribution in [0.2, 0.25) is 0 Å². The summed E-state index contributed by atoms with van der Waals surface area (Å²) in [5.74, 6) is 1.15. The molecule has 5 aliphatic carbocycles. The van der Waals surface area contributed by atoms with Crippen molar-refractivity contribution in [3.8, 4) is 0 Å². The topological polar surface area (TPSA) is 277 Å². The van der Waals surface area contributed by atoms with Crippen molar-refractivity contribution in [3.05, 3.63) is 0 Å². The lowest BCUT2D eigenvalue weighted by molar-refractivity contribution is -0.143. The number of nitrogens with two attached hydrogens (primary N) is 1. The van der Waals surface area contributed by atoms with Crippen LogP contribution in [-0.2, 0) is 47.8 Å². The van der Waals surface area contributed by atoms with Gasteiger partial charge in [-0.25, -0.2) is 16.8 Å². The summed E-state index contributed by atoms with van der Waals surface area (Å²) in [5, 5.41) is 20.6. The van der Waals surface area contributed by atoms with Gasteiger partial charge in [-0.05, 0) is 161 Å². The maximum Gasteiger partial charge on any atom is 0.320 e. The smallest absolute Gasteiger partial charge is 0.320 e. The van der Waals surface area contributed by atoms with E-state index in [0.29, 0.717) is 53.9 Å². The Morgan fingerprint density at radius 1 is 0.447 bits per heavy atom. The van der Waals surface area contributed by atoms with Crippen LogP contribution >= 0.6 is 60.3 Å². The Balaban J connectivity index is 0.00000101. The molecule has 5 aliphatic heterocycles. The van der Waals surface area contributed by atoms with Crippen LogP contribution in [0.5, 0.6) is 0 Å². The molecule has 10 rings (SSSR count). The molecule has 0 bridgehead atoms. The van der Waals surface area contributed by atoms with Gasteiger partial charge in [0.1, 0.15) is 12.1 Å². The molecule has 10 fully saturated rings. The van der Waals surface area contributed by atoms with Gasteiger partial charge in [-0.1, -0.05) is 92.4 Å². The molecule has 85 heavy (non-hydrogen) atoms. The molecule has 0 aromatic heterocycles. The first-order chi connectivity index (χ1) is 37.3. The largest absolute Gasteiger partial charge is 0.480 e. The predicted octanol–water partition coefficient (Wildman–Crippen LogP) is 8.17. The summed E-state index contributed by atoms with van der Waals surface area (Å²) in [6.45, 7) is 5.48. The fraction of sp³-hybridized carbons (Fsp3) is 0.897. The Morgan fingerprint density at radius 3 is 0.906 bits per heavy atom. The normalized spacial score (nSPS) is 33.1. The van der Waals surface area contributed by atoms with E-state index in [4.69, 9.17) is 15.9 Å². The minimum Gasteiger partial charge on any atom is -0.480 e. The van der Waals surface area contributed by atoms with E-state index in [1.165, 1.54) is 116 Å². The van der Waals surface area contributed by atoms with E-state index in [1.807, 2.05) is 56.0 Å². The van der Waals surface area contributed by atoms with Gasteiger partial charge >= 0.3 is 11.9 Å². The molecule has 0 unspecified atom stereocenters. The number of nitrogens with zero attached hydrogens (tertiary/aromatic N) is 5. The molecular weight excluding hydrogens is 1240 g/mol. The molecule has 0 aromatic carbocycles. The summed E-state index contributed by atoms with van der Waals surface area (Å²) in [4.78, 5) is 79.6. The van der Waals surface area contributed by atoms with Crippen molar-refractivity contribution in [1.82, 2.24) is 34.5 Å². The number of hydrogen-bond acceptors (Lipinski definition) is 15. The van der Waals surface area contributed by atoms with E-state index < -0.39 is 36.4 Å². The minimum atomic E-state index is -3.44. The molecule has 20 nitrogen and oxygen atoms in total. The van der Waals surface area contributed by atoms with Gasteiger partial charge in [0.25, 0.3) is 5.91 Å². The maximum absolute atomic E-state index is 12.3. The zero-order valence-corrected chi connectivity index (χ0v) is 57.1. The Labute approximate surface area is 539 Å². The van der Waals surface area contributed by atoms with Crippen molar-refractivity contribution >= 4 is 115 Å². The number of nitrogens with one attached hydrogen (secondary N) is 2. The lowest BCUT2D eigenvalue weighted by atomic mass is 9.85. The predicted molar refractivity (Wildman–Crippen MR) is 346 cm³/mol. The number of aliphatic carboxylic acids is 2. The number of fused-ring (bicyclic) bond motifs is 5. The Hall–Kier alpha value is -1.83. The van der Waals surface area contributed by atoms with Crippen LogP contribution in [0.15, 0.2) is 0 Å². The molecule has 6 N–H and O–H groups in total. The summed E-state index contributed by atoms with van der Waals surface area (Å²) < 4.78 is 43.0. The number of hydrogen-bond donors (Lipinski definition) is 5. The van der Waals surface area contributed by atoms with Crippen LogP contribution in [0.1, 0.15) is 189 Å². The SMILES string of the molecule is C.CN1[C@H](C(=O)NC(=O)C(C)(C)C)C[C@@H]2CCCC[C@@H]21.CN1[C@H](C(=O)NS(C)(=O)=O)C[C@@H]2CCCC[C@@H]21.CN1[C@H](C(=O)O)C[C@@H]2CCCC[C@@H]21.CN1[C@H](C(=O)O)C[C@@H]2CCCC[C@@H]21.CN1[C@H](C(N)=O)C[C@@H]2CCCC[C@@H]21.CS(=O)(=O)Cl.Cl.Cl.Cl.Cl. The Bertz CT molecular complexity index is 2250. The lowest BCUT2D eigenvalue weighted by Gasteiger charge is -2.30. The van der Waals surface area contributed by atoms with Gasteiger partial charge in [-0.3, -0.25) is 63.3 Å². The van der Waals surface area contributed by atoms with Crippen molar-refractivity contribution in [2.24, 2.45) is 40.7 Å². The molecule has 5 heterocycles. The number of amides is 4. The van der Waals surface area contributed by atoms with Crippen molar-refractivity contribution < 1.29 is 55.8 Å². The minimum absolute atomic E-state index is 0. The second kappa shape index (κ2) is 36.9. The van der Waals surface area contributed by atoms with Crippen LogP contribution in [0.25, 0.3) is 0 Å². The number of likely N-dealkylation sites (N-methyl/N-ethyl adjacent to an activating group) is 5. The van der Waals surface area contributed by atoms with E-state index >= 15 is 0 Å². The first-order valence-electron chi connectivity index (χ1n) is 29.9. The quantitative estimate of drug-likeness (QED) is 0.157. The number of halogens is 5. The molecule has 5 saturated carbocycles. The van der Waals surface area contributed by atoms with Crippen molar-refractivity contribution in [2.45, 2.75) is 249 Å². The Morgan fingerprint density at radius 2 is 0.671 bits per heavy atom. The average Bonchev–Trinajstić information content (AvgIpc) is 3.65. The first kappa shape index (κ1) is 83.2. The third-order valence-electron chi connectivity index (χ3n) is 19.8. The van der Waals surface area contributed by atoms with Gasteiger partial charge in [0, 0.05) is 46.3 Å². The number of carboxylic acid groups (broad SMARTS) is 2. The summed E-state index contributed by atoms with van der Waals surface area (Å²) in [6.07, 6.45) is 31.3. The number of carboxylic acids is 2. The van der Waals surface area contributed by atoms with Gasteiger partial charge < -0.3 is 15.9 Å². The highest BCUT2D eigenvalue weighted by Gasteiger charge is 2.47. The number of carbonyl (C=O) groups excluding carboxylic acids is 4. The van der Waals surface area contributed by atoms with Gasteiger partial charge in [-0.2, -0.15) is 0 Å². The van der Waals surface area contributed by atoms with Gasteiger partial charge in [0.2, 0.25) is 36.8 Å². The van der Waals surface area contributed by atoms with Gasteiger partial charge in [-0.15, -0.1) is 49.6 Å². The average molecular weight is 1350 g/mol. The second-order valence-corrected chi connectivity index (χ2v) is 31.0. The molecule has 0 aromatic rings. The van der Waals surface area contributed by atoms with E-state index in [0.717, 1.165) is 63.4 Å². The molecule has 4 amide bonds. The number of likely N-dealkylation sites (tertiary alicyclic amines) is 5. The van der Waals surface area contributed by atoms with Crippen molar-refractivity contribution in [3.63, 3.8) is 0 Å². The highest BCUT2D eigenvalue weighted by molar-refractivity contribution is 8.13. The maximum atomic E-state index is 12.3. The van der Waals surface area contributed by atoms with Gasteiger partial charge in [0.05, 0.1) is 30.6 Å². The molecule has 0 spiro atoms. The number of rotatable bonds is 6. The lowest BCUT2D eigenvalue weighted by Crippen LogP contribution is -2.48. The zero-order valence-electron chi connectivity index (χ0n) is 51.5. The third-order valence-corrected chi connectivity index (χ3v) is 20.3. The molecule has 5 saturated heterocycles. The molecule has 10 aliphatic rings. The monoisotopic (exact) mass is 1350 g/mol. The summed E-state index contributed by atoms with van der Waals surface area (Å²) in [6, 6.07) is 1.90. The number of carbonyl (C=O) groups is 6. The van der Waals surface area contributed by atoms with Crippen LogP contribution in [0.3, 0.4) is 0 Å². The molecular formula is C58H109Cl5N8O12S2. The standard InChI is InChI=1S/C15H26N2O2.C11H20N2O3S.C10H18N2O.2C10H17NO2.CH3ClO2S.CH4.4ClH/c1-15(2,3)14(19)16-13(18)12-9-10-7-5-6-8-11(10)17(12)4;1-13-9-6-4-3-5-8(9)7-10(13)11(14)12-17(2,15)16;1-12-8-5-3-2-4-7(8)6-9(12)10(11)13;2*1-11-8-5-3-2-4-7(8)6-9(11)10(12)13;1-5(2,3)4;;;;;/h10-12H,5-9H2,1-4H3,(H,16,18,19);8-10H,3-7H2,1-2H3,(H,12,14);7-9H,2-6H2,1H3,(H2,11,13);2*7-9H,2-6H2,1H3,(H,12,13);1H3;1H4;4*1H/t10-,11-,12-;8-,9-,10-;3*7-,8-,9-;;;;;;/m00000....../s1. The fourth-order valence-electron chi connectivity index (χ4n) is 15.5. The van der Waals surface area contributed by atoms with Gasteiger partial charge in [0.15, 0.2) is 0 Å². The van der Waals surface area contributed by atoms with E-state index in [1.54, 1.807) is 0 Å². The van der Waals surface area contributed by atoms with E-state index in [-0.39, 0.29) is 111 Å². The second-order valence-electron chi connectivity index (χ2n) is 26.2. The van der Waals surface area contributed by atoms with Crippen molar-refractivity contribution in [1.29, 1.82) is 0 Å². The van der Waals surface area contributed by atoms with Crippen LogP contribution in [0, 0.1) is 35.0 Å². The summed E-state index contributed by atoms with van der Waals surface area (Å²) >= 11 is 0. The van der Waals surface area contributed by atoms with Crippen LogP contribution < -0.4 is 15.8 Å². The molecule has 0 radical (unpaired) electrons. The van der Waals surface area contributed by atoms with E-state index in [2.05, 4.69) is 45.2 Å². The van der Waals surface area contributed by atoms with Crippen LogP contribution in [-0.4, -0.2) is 195 Å². The highest BCUT2D eigenvalue weighted by atomic mass is 35.7. The number of primary amides is 1. The molecule has 27 heteroatoms. The summed E-state index contributed by atoms with van der Waals surface area (Å²) in [5.41, 5.74) is 4.85. The number of imide groups is 1. The highest BCUT2D eigenvalue weighted by Crippen LogP contribution is 2.43. The summed E-state index contributed by atoms with van der Waals surface area (Å²) in [7, 11) is 7.81. The van der Waals surface area contributed by atoms with E-state index in [9.17, 15) is 45.6 Å². The molecule has 15 atom stereocenters. The first-order valence-corrected chi connectivity index (χ1v) is 34.5. The van der Waals surface area contributed by atoms with Crippen LogP contribution in [0.4, 0.5) is 0 Å². The Kier molecular flexibility index (Phi) is 36.1. The van der Waals surface area contributed by atoms with Crippen molar-refractivity contribution in [2.75, 3.05) is 47.7 Å². The zero-order chi connectivity index (χ0) is 59.6. The fourth-order valence-corrected chi connectivity index (χ4v) is 16.0. The number of sulfonamides is 1. The molecule has 500 valence electrons. The third kappa shape index (κ3) is 24.1.